The zero-order valence-corrected chi connectivity index (χ0v) is 10.5. The van der Waals surface area contributed by atoms with E-state index >= 15 is 0 Å². The lowest BCUT2D eigenvalue weighted by molar-refractivity contribution is 0.122. The van der Waals surface area contributed by atoms with Gasteiger partial charge in [-0.2, -0.15) is 5.26 Å². The summed E-state index contributed by atoms with van der Waals surface area (Å²) in [4.78, 5) is 0. The van der Waals surface area contributed by atoms with Crippen LogP contribution >= 0.6 is 0 Å². The SMILES string of the molecule is CC(C)(C)Oc1ccc(C#N)cc1OC1CC1. The number of hydrogen-bond acceptors (Lipinski definition) is 3. The van der Waals surface area contributed by atoms with Crippen LogP contribution in [0.15, 0.2) is 18.2 Å². The summed E-state index contributed by atoms with van der Waals surface area (Å²) in [5.41, 5.74) is 0.331. The van der Waals surface area contributed by atoms with Gasteiger partial charge >= 0.3 is 0 Å². The van der Waals surface area contributed by atoms with E-state index in [9.17, 15) is 0 Å². The number of hydrogen-bond donors (Lipinski definition) is 0. The van der Waals surface area contributed by atoms with Gasteiger partial charge in [-0.3, -0.25) is 0 Å². The van der Waals surface area contributed by atoms with Crippen molar-refractivity contribution in [1.82, 2.24) is 0 Å². The van der Waals surface area contributed by atoms with Gasteiger partial charge in [-0.05, 0) is 45.7 Å². The Bertz CT molecular complexity index is 450. The van der Waals surface area contributed by atoms with Crippen molar-refractivity contribution in [3.8, 4) is 17.6 Å². The molecule has 17 heavy (non-hydrogen) atoms. The summed E-state index contributed by atoms with van der Waals surface area (Å²) in [5.74, 6) is 1.39. The number of rotatable bonds is 3. The van der Waals surface area contributed by atoms with Gasteiger partial charge in [-0.15, -0.1) is 0 Å². The normalized spacial score (nSPS) is 15.2. The molecular formula is C14H17NO2. The molecular weight excluding hydrogens is 214 g/mol. The molecule has 0 saturated heterocycles. The zero-order valence-electron chi connectivity index (χ0n) is 10.5. The second-order valence-electron chi connectivity index (χ2n) is 5.30. The summed E-state index contributed by atoms with van der Waals surface area (Å²) < 4.78 is 11.6. The third-order valence-electron chi connectivity index (χ3n) is 2.31. The summed E-state index contributed by atoms with van der Waals surface area (Å²) in [6, 6.07) is 7.42. The number of benzene rings is 1. The predicted molar refractivity (Wildman–Crippen MR) is 65.2 cm³/mol. The van der Waals surface area contributed by atoms with E-state index in [2.05, 4.69) is 6.07 Å². The Morgan fingerprint density at radius 3 is 2.47 bits per heavy atom. The molecule has 3 heteroatoms. The predicted octanol–water partition coefficient (Wildman–Crippen LogP) is 3.28. The number of ether oxygens (including phenoxy) is 2. The van der Waals surface area contributed by atoms with Crippen LogP contribution in [0.4, 0.5) is 0 Å². The summed E-state index contributed by atoms with van der Waals surface area (Å²) in [6.45, 7) is 5.98. The third kappa shape index (κ3) is 3.39. The van der Waals surface area contributed by atoms with Crippen LogP contribution in [-0.4, -0.2) is 11.7 Å². The quantitative estimate of drug-likeness (QED) is 0.801. The van der Waals surface area contributed by atoms with Crippen LogP contribution in [0.3, 0.4) is 0 Å². The topological polar surface area (TPSA) is 42.2 Å². The lowest BCUT2D eigenvalue weighted by Crippen LogP contribution is -2.23. The van der Waals surface area contributed by atoms with Gasteiger partial charge in [-0.25, -0.2) is 0 Å². The summed E-state index contributed by atoms with van der Waals surface area (Å²) >= 11 is 0. The molecule has 0 aromatic heterocycles. The highest BCUT2D eigenvalue weighted by Crippen LogP contribution is 2.35. The van der Waals surface area contributed by atoms with Gasteiger partial charge in [-0.1, -0.05) is 0 Å². The molecule has 0 bridgehead atoms. The van der Waals surface area contributed by atoms with Crippen molar-refractivity contribution in [3.63, 3.8) is 0 Å². The molecule has 0 radical (unpaired) electrons. The summed E-state index contributed by atoms with van der Waals surface area (Å²) in [5, 5.41) is 8.89. The van der Waals surface area contributed by atoms with Gasteiger partial charge in [0, 0.05) is 6.07 Å². The van der Waals surface area contributed by atoms with Gasteiger partial charge in [0.2, 0.25) is 0 Å². The Hall–Kier alpha value is -1.69. The maximum atomic E-state index is 8.89. The molecule has 1 aromatic rings. The maximum Gasteiger partial charge on any atom is 0.162 e. The smallest absolute Gasteiger partial charge is 0.162 e. The van der Waals surface area contributed by atoms with Crippen molar-refractivity contribution in [3.05, 3.63) is 23.8 Å². The fraction of sp³-hybridized carbons (Fsp3) is 0.500. The zero-order chi connectivity index (χ0) is 12.5. The Balaban J connectivity index is 2.26. The van der Waals surface area contributed by atoms with Crippen LogP contribution in [0.1, 0.15) is 39.2 Å². The molecule has 90 valence electrons. The Morgan fingerprint density at radius 1 is 1.24 bits per heavy atom. The average molecular weight is 231 g/mol. The second kappa shape index (κ2) is 4.29. The van der Waals surface area contributed by atoms with Gasteiger partial charge in [0.05, 0.1) is 17.7 Å². The molecule has 1 aliphatic carbocycles. The fourth-order valence-electron chi connectivity index (χ4n) is 1.45. The van der Waals surface area contributed by atoms with Crippen molar-refractivity contribution in [1.29, 1.82) is 5.26 Å². The van der Waals surface area contributed by atoms with Gasteiger partial charge in [0.1, 0.15) is 5.60 Å². The number of nitriles is 1. The maximum absolute atomic E-state index is 8.89. The van der Waals surface area contributed by atoms with E-state index < -0.39 is 0 Å². The molecule has 0 heterocycles. The Morgan fingerprint density at radius 2 is 1.94 bits per heavy atom. The Labute approximate surface area is 102 Å². The average Bonchev–Trinajstić information content (AvgIpc) is 3.02. The molecule has 0 unspecified atom stereocenters. The van der Waals surface area contributed by atoms with Crippen molar-refractivity contribution < 1.29 is 9.47 Å². The standard InChI is InChI=1S/C14H17NO2/c1-14(2,3)17-12-7-4-10(9-15)8-13(12)16-11-5-6-11/h4,7-8,11H,5-6H2,1-3H3. The van der Waals surface area contributed by atoms with Crippen LogP contribution in [-0.2, 0) is 0 Å². The van der Waals surface area contributed by atoms with Crippen LogP contribution < -0.4 is 9.47 Å². The van der Waals surface area contributed by atoms with E-state index in [0.29, 0.717) is 23.2 Å². The minimum atomic E-state index is -0.268. The molecule has 0 spiro atoms. The molecule has 2 rings (SSSR count). The molecule has 0 N–H and O–H groups in total. The lowest BCUT2D eigenvalue weighted by atomic mass is 10.1. The van der Waals surface area contributed by atoms with E-state index in [0.717, 1.165) is 12.8 Å². The minimum absolute atomic E-state index is 0.268. The molecule has 0 aliphatic heterocycles. The van der Waals surface area contributed by atoms with Crippen LogP contribution in [0.2, 0.25) is 0 Å². The number of nitrogens with zero attached hydrogens (tertiary/aromatic N) is 1. The van der Waals surface area contributed by atoms with E-state index in [-0.39, 0.29) is 5.60 Å². The Kier molecular flexibility index (Phi) is 2.97. The molecule has 3 nitrogen and oxygen atoms in total. The summed E-state index contributed by atoms with van der Waals surface area (Å²) in [7, 11) is 0. The van der Waals surface area contributed by atoms with Crippen LogP contribution in [0.25, 0.3) is 0 Å². The summed E-state index contributed by atoms with van der Waals surface area (Å²) in [6.07, 6.45) is 2.48. The third-order valence-corrected chi connectivity index (χ3v) is 2.31. The van der Waals surface area contributed by atoms with Crippen LogP contribution in [0, 0.1) is 11.3 Å². The molecule has 0 atom stereocenters. The van der Waals surface area contributed by atoms with E-state index in [1.165, 1.54) is 0 Å². The highest BCUT2D eigenvalue weighted by Gasteiger charge is 2.26. The molecule has 1 saturated carbocycles. The second-order valence-corrected chi connectivity index (χ2v) is 5.30. The molecule has 1 aliphatic rings. The fourth-order valence-corrected chi connectivity index (χ4v) is 1.45. The van der Waals surface area contributed by atoms with E-state index in [1.807, 2.05) is 26.8 Å². The van der Waals surface area contributed by atoms with E-state index in [1.54, 1.807) is 12.1 Å². The van der Waals surface area contributed by atoms with E-state index in [4.69, 9.17) is 14.7 Å². The minimum Gasteiger partial charge on any atom is -0.486 e. The monoisotopic (exact) mass is 231 g/mol. The van der Waals surface area contributed by atoms with Gasteiger partial charge in [0.15, 0.2) is 11.5 Å². The highest BCUT2D eigenvalue weighted by atomic mass is 16.5. The highest BCUT2D eigenvalue weighted by molar-refractivity contribution is 5.47. The molecule has 1 aromatic carbocycles. The first-order valence-electron chi connectivity index (χ1n) is 5.88. The first-order chi connectivity index (χ1) is 7.98. The lowest BCUT2D eigenvalue weighted by Gasteiger charge is -2.23. The van der Waals surface area contributed by atoms with Crippen molar-refractivity contribution in [2.75, 3.05) is 0 Å². The van der Waals surface area contributed by atoms with Crippen molar-refractivity contribution >= 4 is 0 Å². The van der Waals surface area contributed by atoms with Crippen LogP contribution in [0.5, 0.6) is 11.5 Å². The molecule has 0 amide bonds. The van der Waals surface area contributed by atoms with Crippen molar-refractivity contribution in [2.24, 2.45) is 0 Å². The molecule has 1 fully saturated rings. The van der Waals surface area contributed by atoms with Gasteiger partial charge in [0.25, 0.3) is 0 Å². The first kappa shape index (κ1) is 11.8. The van der Waals surface area contributed by atoms with Crippen molar-refractivity contribution in [2.45, 2.75) is 45.3 Å². The largest absolute Gasteiger partial charge is 0.486 e. The van der Waals surface area contributed by atoms with Gasteiger partial charge < -0.3 is 9.47 Å². The first-order valence-corrected chi connectivity index (χ1v) is 5.88.